The normalized spacial score (nSPS) is 11.0. The van der Waals surface area contributed by atoms with Crippen molar-refractivity contribution in [2.45, 2.75) is 12.2 Å². The van der Waals surface area contributed by atoms with Gasteiger partial charge in [-0.1, -0.05) is 65.8 Å². The van der Waals surface area contributed by atoms with Gasteiger partial charge in [0.15, 0.2) is 0 Å². The summed E-state index contributed by atoms with van der Waals surface area (Å²) < 4.78 is 0. The van der Waals surface area contributed by atoms with Gasteiger partial charge in [0.25, 0.3) is 0 Å². The molecule has 2 aromatic carbocycles. The first-order valence-corrected chi connectivity index (χ1v) is 7.72. The molecular formula is C17H16N3S. The minimum Gasteiger partial charge on any atom is -0.125 e. The van der Waals surface area contributed by atoms with E-state index in [4.69, 9.17) is 5.53 Å². The smallest absolute Gasteiger partial charge is 0.0303 e. The van der Waals surface area contributed by atoms with Crippen LogP contribution in [-0.4, -0.2) is 6.54 Å². The van der Waals surface area contributed by atoms with Crippen LogP contribution in [0.2, 0.25) is 0 Å². The highest BCUT2D eigenvalue weighted by Crippen LogP contribution is 2.25. The molecule has 0 spiro atoms. The lowest BCUT2D eigenvalue weighted by atomic mass is 10.2. The molecule has 4 heteroatoms. The summed E-state index contributed by atoms with van der Waals surface area (Å²) in [5, 5.41) is 3.61. The van der Waals surface area contributed by atoms with Crippen LogP contribution in [0.5, 0.6) is 0 Å². The lowest BCUT2D eigenvalue weighted by Crippen LogP contribution is -1.87. The van der Waals surface area contributed by atoms with E-state index in [0.29, 0.717) is 6.54 Å². The van der Waals surface area contributed by atoms with Crippen LogP contribution in [0, 0.1) is 6.08 Å². The summed E-state index contributed by atoms with van der Waals surface area (Å²) in [6.45, 7) is 0.466. The molecule has 1 radical (unpaired) electrons. The zero-order valence-electron chi connectivity index (χ0n) is 11.6. The second kappa shape index (κ2) is 8.90. The summed E-state index contributed by atoms with van der Waals surface area (Å²) in [6, 6.07) is 20.4. The molecule has 0 aliphatic rings. The third-order valence-electron chi connectivity index (χ3n) is 2.82. The van der Waals surface area contributed by atoms with Gasteiger partial charge in [0.2, 0.25) is 0 Å². The van der Waals surface area contributed by atoms with Gasteiger partial charge in [-0.3, -0.25) is 0 Å². The summed E-state index contributed by atoms with van der Waals surface area (Å²) in [6.07, 6.45) is 4.12. The third-order valence-corrected chi connectivity index (χ3v) is 3.95. The largest absolute Gasteiger partial charge is 0.125 e. The predicted molar refractivity (Wildman–Crippen MR) is 88.7 cm³/mol. The first-order valence-electron chi connectivity index (χ1n) is 6.74. The molecule has 0 aliphatic heterocycles. The molecule has 0 aliphatic carbocycles. The summed E-state index contributed by atoms with van der Waals surface area (Å²) in [7, 11) is 0. The highest BCUT2D eigenvalue weighted by atomic mass is 32.2. The zero-order chi connectivity index (χ0) is 14.8. The van der Waals surface area contributed by atoms with Gasteiger partial charge in [0.05, 0.1) is 0 Å². The van der Waals surface area contributed by atoms with Gasteiger partial charge in [-0.05, 0) is 34.1 Å². The minimum absolute atomic E-state index is 0.466. The van der Waals surface area contributed by atoms with E-state index in [9.17, 15) is 0 Å². The molecular weight excluding hydrogens is 278 g/mol. The fraction of sp³-hybridized carbons (Fsp3) is 0.176. The summed E-state index contributed by atoms with van der Waals surface area (Å²) in [4.78, 5) is 3.92. The molecule has 2 aromatic rings. The van der Waals surface area contributed by atoms with Crippen molar-refractivity contribution < 1.29 is 0 Å². The second-order valence-corrected chi connectivity index (χ2v) is 5.46. The third kappa shape index (κ3) is 5.78. The van der Waals surface area contributed by atoms with Crippen LogP contribution < -0.4 is 0 Å². The molecule has 0 N–H and O–H groups in total. The number of thioether (sulfide) groups is 1. The fourth-order valence-corrected chi connectivity index (χ4v) is 2.75. The number of hydrogen-bond acceptors (Lipinski definition) is 2. The van der Waals surface area contributed by atoms with Gasteiger partial charge < -0.3 is 0 Å². The average Bonchev–Trinajstić information content (AvgIpc) is 2.54. The molecule has 0 bridgehead atoms. The number of azide groups is 1. The Kier molecular flexibility index (Phi) is 6.46. The fourth-order valence-electron chi connectivity index (χ4n) is 1.79. The Morgan fingerprint density at radius 3 is 2.38 bits per heavy atom. The minimum atomic E-state index is 0.466. The van der Waals surface area contributed by atoms with Crippen LogP contribution in [0.15, 0.2) is 70.7 Å². The van der Waals surface area contributed by atoms with Gasteiger partial charge in [0.1, 0.15) is 0 Å². The highest BCUT2D eigenvalue weighted by molar-refractivity contribution is 8.02. The Morgan fingerprint density at radius 2 is 1.71 bits per heavy atom. The maximum atomic E-state index is 8.40. The molecule has 3 nitrogen and oxygen atoms in total. The standard InChI is InChI=1S/C17H16N3S/c18-20-19-12-11-17(13-15-7-3-1-4-8-15)21-14-16-9-5-2-6-10-16/h1-10H,11-12,14H2. The Bertz CT molecular complexity index is 617. The van der Waals surface area contributed by atoms with Crippen LogP contribution in [0.4, 0.5) is 0 Å². The van der Waals surface area contributed by atoms with Crippen molar-refractivity contribution in [3.8, 4) is 0 Å². The van der Waals surface area contributed by atoms with Gasteiger partial charge in [-0.15, -0.1) is 11.8 Å². The number of hydrogen-bond donors (Lipinski definition) is 0. The first-order chi connectivity index (χ1) is 10.4. The maximum absolute atomic E-state index is 8.40. The summed E-state index contributed by atoms with van der Waals surface area (Å²) in [5.74, 6) is 0.895. The Balaban J connectivity index is 2.04. The lowest BCUT2D eigenvalue weighted by molar-refractivity contribution is 0.977. The summed E-state index contributed by atoms with van der Waals surface area (Å²) in [5.41, 5.74) is 10.7. The quantitative estimate of drug-likeness (QED) is 0.385. The Labute approximate surface area is 129 Å². The van der Waals surface area contributed by atoms with E-state index in [-0.39, 0.29) is 0 Å². The van der Waals surface area contributed by atoms with Crippen molar-refractivity contribution in [1.82, 2.24) is 0 Å². The van der Waals surface area contributed by atoms with Gasteiger partial charge in [-0.25, -0.2) is 0 Å². The molecule has 105 valence electrons. The summed E-state index contributed by atoms with van der Waals surface area (Å²) >= 11 is 1.74. The van der Waals surface area contributed by atoms with E-state index < -0.39 is 0 Å². The van der Waals surface area contributed by atoms with Crippen molar-refractivity contribution in [1.29, 1.82) is 0 Å². The van der Waals surface area contributed by atoms with Gasteiger partial charge >= 0.3 is 0 Å². The topological polar surface area (TPSA) is 48.8 Å². The van der Waals surface area contributed by atoms with Crippen molar-refractivity contribution in [3.05, 3.63) is 93.2 Å². The van der Waals surface area contributed by atoms with Crippen LogP contribution in [0.25, 0.3) is 10.4 Å². The van der Waals surface area contributed by atoms with Gasteiger partial charge in [-0.2, -0.15) is 0 Å². The Hall–Kier alpha value is -2.16. The molecule has 0 aromatic heterocycles. The molecule has 2 rings (SSSR count). The van der Waals surface area contributed by atoms with E-state index in [2.05, 4.69) is 28.2 Å². The monoisotopic (exact) mass is 294 g/mol. The average molecular weight is 294 g/mol. The zero-order valence-corrected chi connectivity index (χ0v) is 12.5. The predicted octanol–water partition coefficient (Wildman–Crippen LogP) is 5.36. The number of benzene rings is 2. The van der Waals surface area contributed by atoms with Crippen LogP contribution in [0.3, 0.4) is 0 Å². The Morgan fingerprint density at radius 1 is 1.05 bits per heavy atom. The van der Waals surface area contributed by atoms with Crippen LogP contribution >= 0.6 is 11.8 Å². The first kappa shape index (κ1) is 15.2. The second-order valence-electron chi connectivity index (χ2n) is 4.39. The molecule has 21 heavy (non-hydrogen) atoms. The van der Waals surface area contributed by atoms with E-state index in [1.807, 2.05) is 48.5 Å². The number of nitrogens with zero attached hydrogens (tertiary/aromatic N) is 3. The van der Waals surface area contributed by atoms with Crippen molar-refractivity contribution in [2.75, 3.05) is 6.54 Å². The maximum Gasteiger partial charge on any atom is 0.0303 e. The molecule has 0 fully saturated rings. The SMILES string of the molecule is [N-]=[N+]=NCCC(=[C]c1ccccc1)SCc1ccccc1. The molecule has 0 heterocycles. The van der Waals surface area contributed by atoms with Crippen molar-refractivity contribution >= 4 is 11.8 Å². The molecule has 0 saturated carbocycles. The van der Waals surface area contributed by atoms with Crippen LogP contribution in [-0.2, 0) is 5.75 Å². The van der Waals surface area contributed by atoms with E-state index in [1.165, 1.54) is 5.56 Å². The molecule has 0 atom stereocenters. The van der Waals surface area contributed by atoms with E-state index in [0.717, 1.165) is 22.6 Å². The molecule has 0 amide bonds. The molecule has 0 saturated heterocycles. The number of rotatable bonds is 7. The lowest BCUT2D eigenvalue weighted by Gasteiger charge is -2.06. The molecule has 0 unspecified atom stereocenters. The van der Waals surface area contributed by atoms with Crippen molar-refractivity contribution in [3.63, 3.8) is 0 Å². The van der Waals surface area contributed by atoms with E-state index in [1.54, 1.807) is 11.8 Å². The van der Waals surface area contributed by atoms with Gasteiger partial charge in [0, 0.05) is 17.2 Å². The highest BCUT2D eigenvalue weighted by Gasteiger charge is 2.01. The van der Waals surface area contributed by atoms with Crippen LogP contribution in [0.1, 0.15) is 17.5 Å². The van der Waals surface area contributed by atoms with Crippen molar-refractivity contribution in [2.24, 2.45) is 5.11 Å². The van der Waals surface area contributed by atoms with E-state index >= 15 is 0 Å².